The van der Waals surface area contributed by atoms with Gasteiger partial charge in [0.1, 0.15) is 11.5 Å². The second-order valence-electron chi connectivity index (χ2n) is 9.94. The van der Waals surface area contributed by atoms with Crippen molar-refractivity contribution < 1.29 is 24.5 Å². The lowest BCUT2D eigenvalue weighted by Crippen LogP contribution is -2.44. The molecule has 0 bridgehead atoms. The smallest absolute Gasteiger partial charge is 0.308 e. The van der Waals surface area contributed by atoms with Crippen molar-refractivity contribution in [3.8, 4) is 11.5 Å². The van der Waals surface area contributed by atoms with E-state index in [2.05, 4.69) is 16.0 Å². The van der Waals surface area contributed by atoms with Gasteiger partial charge in [0.25, 0.3) is 0 Å². The van der Waals surface area contributed by atoms with Crippen molar-refractivity contribution in [3.63, 3.8) is 0 Å². The third-order valence-electron chi connectivity index (χ3n) is 7.67. The summed E-state index contributed by atoms with van der Waals surface area (Å²) < 4.78 is 10.8. The number of hydrogen-bond acceptors (Lipinski definition) is 6. The van der Waals surface area contributed by atoms with Crippen LogP contribution in [0.4, 0.5) is 0 Å². The number of nitrogens with zero attached hydrogens (tertiary/aromatic N) is 2. The van der Waals surface area contributed by atoms with Gasteiger partial charge in [-0.2, -0.15) is 0 Å². The monoisotopic (exact) mass is 506 g/mol. The van der Waals surface area contributed by atoms with Crippen LogP contribution in [-0.4, -0.2) is 59.9 Å². The van der Waals surface area contributed by atoms with Gasteiger partial charge in [0.2, 0.25) is 0 Å². The number of pyridine rings is 1. The molecule has 4 rings (SSSR count). The van der Waals surface area contributed by atoms with Gasteiger partial charge >= 0.3 is 5.97 Å². The summed E-state index contributed by atoms with van der Waals surface area (Å²) in [6, 6.07) is 15.6. The van der Waals surface area contributed by atoms with E-state index < -0.39 is 18.0 Å². The molecule has 1 aliphatic rings. The van der Waals surface area contributed by atoms with E-state index in [4.69, 9.17) is 9.47 Å². The molecule has 7 heteroatoms. The lowest BCUT2D eigenvalue weighted by Gasteiger charge is -2.37. The van der Waals surface area contributed by atoms with Crippen molar-refractivity contribution in [2.45, 2.75) is 44.6 Å². The number of likely N-dealkylation sites (tertiary alicyclic amines) is 1. The SMILES string of the molecule is COc1ccc2nccc(C(O)CC[C@@H]3CCN(CCCCc4ccccc4OC)C[C@@H]3C(=O)O)c2c1. The summed E-state index contributed by atoms with van der Waals surface area (Å²) in [5.74, 6) is 0.548. The molecule has 3 aromatic rings. The van der Waals surface area contributed by atoms with Gasteiger partial charge in [-0.3, -0.25) is 9.78 Å². The van der Waals surface area contributed by atoms with E-state index in [9.17, 15) is 15.0 Å². The van der Waals surface area contributed by atoms with Gasteiger partial charge in [-0.25, -0.2) is 0 Å². The summed E-state index contributed by atoms with van der Waals surface area (Å²) in [4.78, 5) is 18.8. The first kappa shape index (κ1) is 26.9. The number of carboxylic acids is 1. The van der Waals surface area contributed by atoms with Crippen molar-refractivity contribution in [1.29, 1.82) is 0 Å². The Balaban J connectivity index is 1.29. The number of ether oxygens (including phenoxy) is 2. The van der Waals surface area contributed by atoms with E-state index in [1.807, 2.05) is 42.5 Å². The van der Waals surface area contributed by atoms with Crippen LogP contribution in [0.3, 0.4) is 0 Å². The second kappa shape index (κ2) is 12.9. The van der Waals surface area contributed by atoms with Crippen LogP contribution in [-0.2, 0) is 11.2 Å². The third kappa shape index (κ3) is 6.79. The van der Waals surface area contributed by atoms with Gasteiger partial charge in [0, 0.05) is 18.1 Å². The number of para-hydroxylation sites is 1. The van der Waals surface area contributed by atoms with Crippen molar-refractivity contribution in [2.24, 2.45) is 11.8 Å². The van der Waals surface area contributed by atoms with E-state index in [0.29, 0.717) is 19.4 Å². The molecule has 0 spiro atoms. The van der Waals surface area contributed by atoms with Gasteiger partial charge in [-0.1, -0.05) is 18.2 Å². The van der Waals surface area contributed by atoms with Crippen LogP contribution < -0.4 is 9.47 Å². The zero-order valence-corrected chi connectivity index (χ0v) is 21.8. The standard InChI is InChI=1S/C30H38N2O5/c1-36-23-11-12-27-25(19-23)24(14-16-31-27)28(33)13-10-21-15-18-32(20-26(21)30(34)35)17-6-5-8-22-7-3-4-9-29(22)37-2/h3-4,7,9,11-12,14,16,19,21,26,28,33H,5-6,8,10,13,15,17-18,20H2,1-2H3,(H,34,35)/t21-,26+,28?/m1/s1. The Morgan fingerprint density at radius 3 is 2.76 bits per heavy atom. The molecule has 2 N–H and O–H groups in total. The normalized spacial score (nSPS) is 19.0. The van der Waals surface area contributed by atoms with Crippen molar-refractivity contribution in [2.75, 3.05) is 33.9 Å². The Bertz CT molecular complexity index is 1180. The molecule has 1 unspecified atom stereocenters. The maximum absolute atomic E-state index is 12.1. The Morgan fingerprint density at radius 1 is 1.14 bits per heavy atom. The number of aliphatic hydroxyl groups is 1. The van der Waals surface area contributed by atoms with Crippen LogP contribution >= 0.6 is 0 Å². The van der Waals surface area contributed by atoms with Crippen LogP contribution in [0.1, 0.15) is 49.3 Å². The van der Waals surface area contributed by atoms with E-state index in [-0.39, 0.29) is 5.92 Å². The minimum absolute atomic E-state index is 0.0552. The summed E-state index contributed by atoms with van der Waals surface area (Å²) in [5.41, 5.74) is 2.83. The first-order chi connectivity index (χ1) is 18.0. The summed E-state index contributed by atoms with van der Waals surface area (Å²) in [5, 5.41) is 21.9. The Hall–Kier alpha value is -3.16. The maximum Gasteiger partial charge on any atom is 0.308 e. The average Bonchev–Trinajstić information content (AvgIpc) is 2.93. The molecule has 0 amide bonds. The quantitative estimate of drug-likeness (QED) is 0.330. The minimum Gasteiger partial charge on any atom is -0.497 e. The van der Waals surface area contributed by atoms with Crippen molar-refractivity contribution in [3.05, 3.63) is 65.9 Å². The highest BCUT2D eigenvalue weighted by Gasteiger charge is 2.34. The highest BCUT2D eigenvalue weighted by molar-refractivity contribution is 5.83. The molecule has 198 valence electrons. The molecule has 0 aliphatic carbocycles. The second-order valence-corrected chi connectivity index (χ2v) is 9.94. The van der Waals surface area contributed by atoms with Crippen LogP contribution in [0.25, 0.3) is 10.9 Å². The molecule has 1 aromatic heterocycles. The molecule has 0 radical (unpaired) electrons. The molecule has 1 aliphatic heterocycles. The Kier molecular flexibility index (Phi) is 9.36. The predicted molar refractivity (Wildman–Crippen MR) is 144 cm³/mol. The molecule has 1 fully saturated rings. The zero-order valence-electron chi connectivity index (χ0n) is 21.8. The Labute approximate surface area is 219 Å². The van der Waals surface area contributed by atoms with Crippen molar-refractivity contribution >= 4 is 16.9 Å². The first-order valence-electron chi connectivity index (χ1n) is 13.2. The summed E-state index contributed by atoms with van der Waals surface area (Å²) in [7, 11) is 3.32. The molecule has 7 nitrogen and oxygen atoms in total. The molecule has 0 saturated carbocycles. The number of hydrogen-bond donors (Lipinski definition) is 2. The lowest BCUT2D eigenvalue weighted by atomic mass is 9.81. The number of rotatable bonds is 12. The van der Waals surface area contributed by atoms with Crippen molar-refractivity contribution in [1.82, 2.24) is 9.88 Å². The van der Waals surface area contributed by atoms with Crippen LogP contribution in [0.2, 0.25) is 0 Å². The fourth-order valence-electron chi connectivity index (χ4n) is 5.55. The highest BCUT2D eigenvalue weighted by Crippen LogP contribution is 2.34. The van der Waals surface area contributed by atoms with Crippen LogP contribution in [0.15, 0.2) is 54.7 Å². The molecule has 1 saturated heterocycles. The number of aliphatic hydroxyl groups excluding tert-OH is 1. The summed E-state index contributed by atoms with van der Waals surface area (Å²) >= 11 is 0. The third-order valence-corrected chi connectivity index (χ3v) is 7.67. The number of aliphatic carboxylic acids is 1. The fraction of sp³-hybridized carbons (Fsp3) is 0.467. The largest absolute Gasteiger partial charge is 0.497 e. The molecule has 2 aromatic carbocycles. The average molecular weight is 507 g/mol. The number of aryl methyl sites for hydroxylation is 1. The number of carboxylic acid groups (broad SMARTS) is 1. The number of benzene rings is 2. The van der Waals surface area contributed by atoms with Gasteiger partial charge in [0.05, 0.1) is 31.8 Å². The number of unbranched alkanes of at least 4 members (excludes halogenated alkanes) is 1. The zero-order chi connectivity index (χ0) is 26.2. The topological polar surface area (TPSA) is 92.1 Å². The number of carbonyl (C=O) groups is 1. The summed E-state index contributed by atoms with van der Waals surface area (Å²) in [6.45, 7) is 2.37. The predicted octanol–water partition coefficient (Wildman–Crippen LogP) is 5.11. The van der Waals surface area contributed by atoms with E-state index >= 15 is 0 Å². The van der Waals surface area contributed by atoms with Gasteiger partial charge in [-0.15, -0.1) is 0 Å². The number of fused-ring (bicyclic) bond motifs is 1. The van der Waals surface area contributed by atoms with Crippen LogP contribution in [0, 0.1) is 11.8 Å². The van der Waals surface area contributed by atoms with E-state index in [1.165, 1.54) is 5.56 Å². The summed E-state index contributed by atoms with van der Waals surface area (Å²) in [6.07, 6.45) is 6.07. The maximum atomic E-state index is 12.1. The van der Waals surface area contributed by atoms with E-state index in [1.54, 1.807) is 20.4 Å². The van der Waals surface area contributed by atoms with Gasteiger partial charge < -0.3 is 24.6 Å². The molecule has 2 heterocycles. The van der Waals surface area contributed by atoms with E-state index in [0.717, 1.165) is 66.7 Å². The molecule has 37 heavy (non-hydrogen) atoms. The first-order valence-corrected chi connectivity index (χ1v) is 13.2. The minimum atomic E-state index is -0.739. The van der Waals surface area contributed by atoms with Gasteiger partial charge in [0.15, 0.2) is 0 Å². The molecular weight excluding hydrogens is 468 g/mol. The number of aromatic nitrogens is 1. The molecular formula is C30H38N2O5. The van der Waals surface area contributed by atoms with Crippen LogP contribution in [0.5, 0.6) is 11.5 Å². The Morgan fingerprint density at radius 2 is 1.97 bits per heavy atom. The molecule has 3 atom stereocenters. The fourth-order valence-corrected chi connectivity index (χ4v) is 5.55. The highest BCUT2D eigenvalue weighted by atomic mass is 16.5. The lowest BCUT2D eigenvalue weighted by molar-refractivity contribution is -0.146. The van der Waals surface area contributed by atoms with Gasteiger partial charge in [-0.05, 0) is 99.0 Å². The number of piperidine rings is 1. The number of methoxy groups -OCH3 is 2.